The van der Waals surface area contributed by atoms with Crippen molar-refractivity contribution in [2.24, 2.45) is 0 Å². The summed E-state index contributed by atoms with van der Waals surface area (Å²) in [5, 5.41) is 5.02. The van der Waals surface area contributed by atoms with Gasteiger partial charge in [0.05, 0.1) is 34.1 Å². The van der Waals surface area contributed by atoms with Crippen LogP contribution in [0.2, 0.25) is 0 Å². The van der Waals surface area contributed by atoms with Crippen molar-refractivity contribution in [3.8, 4) is 33.6 Å². The summed E-state index contributed by atoms with van der Waals surface area (Å²) >= 11 is 0. The van der Waals surface area contributed by atoms with Gasteiger partial charge in [-0.25, -0.2) is 4.98 Å². The van der Waals surface area contributed by atoms with E-state index in [9.17, 15) is 0 Å². The minimum absolute atomic E-state index is 0.377. The third kappa shape index (κ3) is 3.98. The molecule has 0 fully saturated rings. The second-order valence-corrected chi connectivity index (χ2v) is 15.8. The Kier molecular flexibility index (Phi) is 6.16. The van der Waals surface area contributed by atoms with Gasteiger partial charge in [-0.1, -0.05) is 84.9 Å². The Bertz CT molecular complexity index is 2990. The number of para-hydroxylation sites is 2. The summed E-state index contributed by atoms with van der Waals surface area (Å²) in [5.41, 5.74) is 15.0. The highest BCUT2D eigenvalue weighted by Crippen LogP contribution is 2.53. The zero-order valence-corrected chi connectivity index (χ0v) is 30.4. The molecule has 0 N–H and O–H groups in total. The molecule has 0 spiro atoms. The summed E-state index contributed by atoms with van der Waals surface area (Å²) in [5.74, 6) is 0. The highest BCUT2D eigenvalue weighted by atomic mass is 15.1. The second-order valence-electron chi connectivity index (χ2n) is 15.8. The van der Waals surface area contributed by atoms with Crippen molar-refractivity contribution in [3.63, 3.8) is 0 Å². The lowest BCUT2D eigenvalue weighted by molar-refractivity contribution is -0.766. The van der Waals surface area contributed by atoms with Crippen LogP contribution in [0.25, 0.3) is 77.6 Å². The first-order chi connectivity index (χ1) is 25.9. The lowest BCUT2D eigenvalue weighted by Crippen LogP contribution is -2.69. The molecule has 2 unspecified atom stereocenters. The molecular weight excluding hydrogens is 645 g/mol. The number of allylic oxidation sites excluding steroid dienone is 1. The molecular formula is C49H40N4+2. The van der Waals surface area contributed by atoms with E-state index < -0.39 is 5.54 Å². The van der Waals surface area contributed by atoms with Crippen molar-refractivity contribution >= 4 is 43.9 Å². The predicted molar refractivity (Wildman–Crippen MR) is 216 cm³/mol. The third-order valence-electron chi connectivity index (χ3n) is 13.0. The molecule has 0 radical (unpaired) electrons. The Morgan fingerprint density at radius 2 is 1.43 bits per heavy atom. The molecule has 0 amide bonds. The number of aryl methyl sites for hydroxylation is 2. The topological polar surface area (TPSA) is 25.1 Å². The highest BCUT2D eigenvalue weighted by molar-refractivity contribution is 6.23. The molecule has 9 aromatic rings. The number of hydrogen-bond donors (Lipinski definition) is 0. The third-order valence-corrected chi connectivity index (χ3v) is 13.0. The summed E-state index contributed by atoms with van der Waals surface area (Å²) in [6.45, 7) is 12.1. The van der Waals surface area contributed by atoms with Gasteiger partial charge in [0.2, 0.25) is 11.4 Å². The van der Waals surface area contributed by atoms with Gasteiger partial charge >= 0.3 is 0 Å². The zero-order valence-electron chi connectivity index (χ0n) is 30.4. The monoisotopic (exact) mass is 684 g/mol. The Morgan fingerprint density at radius 1 is 0.698 bits per heavy atom. The van der Waals surface area contributed by atoms with Crippen molar-refractivity contribution in [3.05, 3.63) is 163 Å². The average Bonchev–Trinajstić information content (AvgIpc) is 3.71. The van der Waals surface area contributed by atoms with Crippen LogP contribution in [0, 0.1) is 6.92 Å². The first kappa shape index (κ1) is 30.5. The van der Waals surface area contributed by atoms with Crippen molar-refractivity contribution in [2.45, 2.75) is 51.0 Å². The van der Waals surface area contributed by atoms with Crippen LogP contribution >= 0.6 is 0 Å². The van der Waals surface area contributed by atoms with Crippen LogP contribution in [0.1, 0.15) is 43.5 Å². The van der Waals surface area contributed by atoms with Crippen LogP contribution in [0.4, 0.5) is 0 Å². The molecule has 5 aromatic heterocycles. The largest absolute Gasteiger partial charge is 0.293 e. The predicted octanol–water partition coefficient (Wildman–Crippen LogP) is 10.6. The van der Waals surface area contributed by atoms with Gasteiger partial charge in [-0.2, -0.15) is 9.13 Å². The van der Waals surface area contributed by atoms with Crippen LogP contribution in [0.15, 0.2) is 146 Å². The summed E-state index contributed by atoms with van der Waals surface area (Å²) < 4.78 is 7.38. The van der Waals surface area contributed by atoms with E-state index in [0.717, 1.165) is 30.6 Å². The Balaban J connectivity index is 1.27. The maximum absolute atomic E-state index is 5.93. The maximum Gasteiger partial charge on any atom is 0.218 e. The average molecular weight is 685 g/mol. The summed E-state index contributed by atoms with van der Waals surface area (Å²) in [4.78, 5) is 5.93. The fraction of sp³-hybridized carbons (Fsp3) is 0.163. The molecule has 254 valence electrons. The Hall–Kier alpha value is -6.13. The summed E-state index contributed by atoms with van der Waals surface area (Å²) in [6, 6.07) is 46.7. The van der Waals surface area contributed by atoms with Gasteiger partial charge < -0.3 is 0 Å². The van der Waals surface area contributed by atoms with Gasteiger partial charge in [-0.05, 0) is 74.2 Å². The minimum Gasteiger partial charge on any atom is -0.293 e. The van der Waals surface area contributed by atoms with E-state index in [1.807, 2.05) is 0 Å². The molecule has 4 aromatic carbocycles. The number of rotatable bonds is 1. The number of hydrogen-bond acceptors (Lipinski definition) is 1. The lowest BCUT2D eigenvalue weighted by Gasteiger charge is -2.46. The van der Waals surface area contributed by atoms with Crippen LogP contribution in [0.5, 0.6) is 0 Å². The lowest BCUT2D eigenvalue weighted by atomic mass is 9.60. The van der Waals surface area contributed by atoms with E-state index in [1.54, 1.807) is 0 Å². The SMILES string of the molecule is C=C1CC2(C)[n+]3cc(-c4ccccc4)c(C)cc3-c3cc4c5cccc6c7ccccc7n(c4nc3C2(C)CCc2ccccc2-c2cccc[n+]21)c65. The molecule has 0 saturated carbocycles. The molecule has 2 atom stereocenters. The number of nitrogens with zero attached hydrogens (tertiary/aromatic N) is 4. The minimum atomic E-state index is -0.420. The van der Waals surface area contributed by atoms with Crippen LogP contribution < -0.4 is 9.13 Å². The molecule has 0 aliphatic carbocycles. The van der Waals surface area contributed by atoms with Gasteiger partial charge in [-0.3, -0.25) is 4.40 Å². The van der Waals surface area contributed by atoms with Crippen LogP contribution in [-0.4, -0.2) is 9.38 Å². The highest BCUT2D eigenvalue weighted by Gasteiger charge is 2.61. The van der Waals surface area contributed by atoms with Crippen molar-refractivity contribution in [1.82, 2.24) is 9.38 Å². The van der Waals surface area contributed by atoms with E-state index in [1.165, 1.54) is 83.0 Å². The van der Waals surface area contributed by atoms with Gasteiger partial charge in [0.25, 0.3) is 0 Å². The van der Waals surface area contributed by atoms with E-state index in [0.29, 0.717) is 0 Å². The quantitative estimate of drug-likeness (QED) is 0.158. The number of aromatic nitrogens is 4. The zero-order chi connectivity index (χ0) is 35.6. The fourth-order valence-corrected chi connectivity index (χ4v) is 10.1. The molecule has 2 aliphatic heterocycles. The molecule has 11 rings (SSSR count). The number of benzene rings is 4. The Labute approximate surface area is 309 Å². The molecule has 4 nitrogen and oxygen atoms in total. The van der Waals surface area contributed by atoms with E-state index in [2.05, 4.69) is 174 Å². The normalized spacial score (nSPS) is 19.6. The van der Waals surface area contributed by atoms with Crippen molar-refractivity contribution in [1.29, 1.82) is 0 Å². The fourth-order valence-electron chi connectivity index (χ4n) is 10.1. The van der Waals surface area contributed by atoms with Crippen molar-refractivity contribution < 1.29 is 9.13 Å². The number of fused-ring (bicyclic) bond motifs is 15. The van der Waals surface area contributed by atoms with Gasteiger partial charge in [-0.15, -0.1) is 0 Å². The molecule has 2 aliphatic rings. The van der Waals surface area contributed by atoms with E-state index in [4.69, 9.17) is 11.6 Å². The van der Waals surface area contributed by atoms with Crippen LogP contribution in [0.3, 0.4) is 0 Å². The second kappa shape index (κ2) is 10.7. The first-order valence-electron chi connectivity index (χ1n) is 18.8. The van der Waals surface area contributed by atoms with Gasteiger partial charge in [0.15, 0.2) is 23.6 Å². The molecule has 53 heavy (non-hydrogen) atoms. The van der Waals surface area contributed by atoms with Crippen molar-refractivity contribution in [2.75, 3.05) is 0 Å². The molecule has 0 saturated heterocycles. The van der Waals surface area contributed by atoms with Gasteiger partial charge in [0, 0.05) is 57.8 Å². The maximum atomic E-state index is 5.93. The molecule has 7 heterocycles. The summed E-state index contributed by atoms with van der Waals surface area (Å²) in [6.07, 6.45) is 7.22. The van der Waals surface area contributed by atoms with Gasteiger partial charge in [0.1, 0.15) is 5.65 Å². The number of pyridine rings is 3. The molecule has 0 bridgehead atoms. The molecule has 4 heteroatoms. The standard InChI is InChI=1S/C49H40N4/c1-31-27-44-40-28-39-38-21-14-20-37-36-19-10-11-23-43(36)53(45(37)38)47(39)50-46(40)48(3)25-24-34-17-8-9-18-35(34)42-22-12-13-26-51(42)32(2)29-49(48,4)52(44)30-41(31)33-15-6-5-7-16-33/h5-23,26-28,30H,2,24-25,29H2,1,3-4H3/q+2. The van der Waals surface area contributed by atoms with E-state index >= 15 is 0 Å². The summed E-state index contributed by atoms with van der Waals surface area (Å²) in [7, 11) is 0. The van der Waals surface area contributed by atoms with E-state index in [-0.39, 0.29) is 5.41 Å². The van der Waals surface area contributed by atoms with Crippen LogP contribution in [-0.2, 0) is 17.4 Å². The Morgan fingerprint density at radius 3 is 2.30 bits per heavy atom. The smallest absolute Gasteiger partial charge is 0.218 e. The first-order valence-corrected chi connectivity index (χ1v) is 18.8.